The molecular formula is C13H15Cl2SiZr. The second-order valence-electron chi connectivity index (χ2n) is 5.26. The Kier molecular flexibility index (Phi) is 4.58. The van der Waals surface area contributed by atoms with Gasteiger partial charge in [-0.1, -0.05) is 0 Å². The van der Waals surface area contributed by atoms with Crippen molar-refractivity contribution in [2.24, 2.45) is 5.92 Å². The monoisotopic (exact) mass is 359 g/mol. The average Bonchev–Trinajstić information content (AvgIpc) is 2.62. The van der Waals surface area contributed by atoms with Gasteiger partial charge in [0.15, 0.2) is 0 Å². The fourth-order valence-electron chi connectivity index (χ4n) is 3.22. The molecule has 0 spiro atoms. The number of rotatable bonds is 1. The van der Waals surface area contributed by atoms with E-state index in [-0.39, 0.29) is 24.8 Å². The summed E-state index contributed by atoms with van der Waals surface area (Å²) in [6, 6.07) is 0. The van der Waals surface area contributed by atoms with Gasteiger partial charge in [0.1, 0.15) is 0 Å². The van der Waals surface area contributed by atoms with Gasteiger partial charge in [-0.15, -0.1) is 0 Å². The third-order valence-corrected chi connectivity index (χ3v) is 9.19. The fraction of sp³-hybridized carbons (Fsp3) is 0.385. The van der Waals surface area contributed by atoms with E-state index in [1.165, 1.54) is 6.42 Å². The summed E-state index contributed by atoms with van der Waals surface area (Å²) >= 11 is 1.63. The molecule has 0 saturated carbocycles. The fourth-order valence-corrected chi connectivity index (χ4v) is 9.20. The van der Waals surface area contributed by atoms with E-state index in [0.717, 1.165) is 5.92 Å². The van der Waals surface area contributed by atoms with Crippen molar-refractivity contribution >= 4 is 8.07 Å². The minimum Gasteiger partial charge on any atom is -1.00 e. The van der Waals surface area contributed by atoms with Crippen LogP contribution in [0.5, 0.6) is 0 Å². The summed E-state index contributed by atoms with van der Waals surface area (Å²) in [4.78, 5) is 0. The van der Waals surface area contributed by atoms with E-state index in [1.807, 2.05) is 10.4 Å². The number of halogens is 2. The van der Waals surface area contributed by atoms with Gasteiger partial charge in [0.05, 0.1) is 0 Å². The SMILES string of the molecule is CC1=[C]([Zr+2])C(C2=CC=CC2)C2=C1[Si]2(C)C.[Cl-].[Cl-]. The van der Waals surface area contributed by atoms with Gasteiger partial charge in [-0.25, -0.2) is 0 Å². The maximum absolute atomic E-state index is 2.51. The average molecular weight is 361 g/mol. The molecule has 0 bridgehead atoms. The van der Waals surface area contributed by atoms with Crippen LogP contribution in [0.15, 0.2) is 43.0 Å². The molecule has 0 nitrogen and oxygen atoms in total. The zero-order valence-corrected chi connectivity index (χ0v) is 15.2. The largest absolute Gasteiger partial charge is 1.00 e. The molecule has 1 heterocycles. The summed E-state index contributed by atoms with van der Waals surface area (Å²) in [6.45, 7) is 7.38. The Morgan fingerprint density at radius 1 is 1.29 bits per heavy atom. The number of hydrogen-bond acceptors (Lipinski definition) is 0. The zero-order chi connectivity index (χ0) is 10.8. The van der Waals surface area contributed by atoms with Crippen molar-refractivity contribution in [3.8, 4) is 0 Å². The quantitative estimate of drug-likeness (QED) is 0.451. The van der Waals surface area contributed by atoms with E-state index >= 15 is 0 Å². The molecule has 17 heavy (non-hydrogen) atoms. The first-order valence-corrected chi connectivity index (χ1v) is 9.81. The molecule has 0 aromatic carbocycles. The van der Waals surface area contributed by atoms with E-state index in [9.17, 15) is 0 Å². The van der Waals surface area contributed by atoms with Gasteiger partial charge in [0.2, 0.25) is 0 Å². The Bertz CT molecular complexity index is 484. The van der Waals surface area contributed by atoms with Crippen LogP contribution in [0.3, 0.4) is 0 Å². The van der Waals surface area contributed by atoms with E-state index in [0.29, 0.717) is 0 Å². The van der Waals surface area contributed by atoms with Crippen molar-refractivity contribution in [1.82, 2.24) is 0 Å². The summed E-state index contributed by atoms with van der Waals surface area (Å²) < 4.78 is 1.72. The second-order valence-corrected chi connectivity index (χ2v) is 10.9. The molecule has 3 rings (SSSR count). The van der Waals surface area contributed by atoms with E-state index in [1.54, 1.807) is 39.1 Å². The van der Waals surface area contributed by atoms with Crippen LogP contribution in [0, 0.1) is 5.92 Å². The summed E-state index contributed by atoms with van der Waals surface area (Å²) in [7, 11) is -1.02. The van der Waals surface area contributed by atoms with Gasteiger partial charge in [-0.05, 0) is 0 Å². The van der Waals surface area contributed by atoms with Crippen molar-refractivity contribution in [1.29, 1.82) is 0 Å². The molecule has 1 unspecified atom stereocenters. The Balaban J connectivity index is 0.000000722. The summed E-state index contributed by atoms with van der Waals surface area (Å²) in [5, 5.41) is 3.67. The van der Waals surface area contributed by atoms with Gasteiger partial charge in [-0.2, -0.15) is 0 Å². The molecule has 89 valence electrons. The Morgan fingerprint density at radius 3 is 2.41 bits per heavy atom. The van der Waals surface area contributed by atoms with Crippen LogP contribution in [0.4, 0.5) is 0 Å². The normalized spacial score (nSPS) is 27.6. The van der Waals surface area contributed by atoms with Crippen LogP contribution < -0.4 is 24.8 Å². The molecule has 4 heteroatoms. The van der Waals surface area contributed by atoms with Crippen LogP contribution in [0.1, 0.15) is 13.3 Å². The van der Waals surface area contributed by atoms with Gasteiger partial charge in [0, 0.05) is 0 Å². The van der Waals surface area contributed by atoms with Crippen LogP contribution >= 0.6 is 0 Å². The molecule has 0 aromatic rings. The molecule has 2 aliphatic carbocycles. The topological polar surface area (TPSA) is 0 Å². The molecule has 0 radical (unpaired) electrons. The van der Waals surface area contributed by atoms with Crippen molar-refractivity contribution in [3.63, 3.8) is 0 Å². The predicted octanol–water partition coefficient (Wildman–Crippen LogP) is -2.57. The molecule has 3 aliphatic rings. The summed E-state index contributed by atoms with van der Waals surface area (Å²) in [6.07, 6.45) is 8.06. The van der Waals surface area contributed by atoms with Gasteiger partial charge in [0.25, 0.3) is 0 Å². The van der Waals surface area contributed by atoms with Crippen molar-refractivity contribution in [3.05, 3.63) is 43.0 Å². The minimum atomic E-state index is -1.02. The standard InChI is InChI=1S/C13H15Si.2ClH.Zr/c1-9-8-11(10-6-4-5-7-10)13-12(9)14(13,2)3;;;/h4-6,11H,7H2,1-3H3;2*1H;/q;;;+2/p-2. The first-order chi connectivity index (χ1) is 7.05. The van der Waals surface area contributed by atoms with E-state index in [4.69, 9.17) is 0 Å². The molecule has 1 atom stereocenters. The van der Waals surface area contributed by atoms with Crippen LogP contribution in [0.25, 0.3) is 0 Å². The van der Waals surface area contributed by atoms with Crippen molar-refractivity contribution < 1.29 is 49.5 Å². The Hall–Kier alpha value is 0.640. The Morgan fingerprint density at radius 2 is 1.94 bits per heavy atom. The maximum atomic E-state index is 2.51. The first-order valence-electron chi connectivity index (χ1n) is 5.58. The predicted molar refractivity (Wildman–Crippen MR) is 62.5 cm³/mol. The third-order valence-electron chi connectivity index (χ3n) is 4.03. The molecule has 0 fully saturated rings. The van der Waals surface area contributed by atoms with Crippen molar-refractivity contribution in [2.75, 3.05) is 0 Å². The summed E-state index contributed by atoms with van der Waals surface area (Å²) in [5.74, 6) is 0.745. The van der Waals surface area contributed by atoms with Crippen LogP contribution in [-0.4, -0.2) is 8.07 Å². The number of hydrogen-bond donors (Lipinski definition) is 0. The van der Waals surface area contributed by atoms with Gasteiger partial charge >= 0.3 is 108 Å². The van der Waals surface area contributed by atoms with Crippen LogP contribution in [-0.2, 0) is 24.7 Å². The van der Waals surface area contributed by atoms with Crippen molar-refractivity contribution in [2.45, 2.75) is 26.4 Å². The zero-order valence-electron chi connectivity index (χ0n) is 10.3. The smallest absolute Gasteiger partial charge is 1.00 e. The molecule has 0 amide bonds. The van der Waals surface area contributed by atoms with Crippen LogP contribution in [0.2, 0.25) is 13.1 Å². The van der Waals surface area contributed by atoms with E-state index < -0.39 is 8.07 Å². The molecular weight excluding hydrogens is 346 g/mol. The van der Waals surface area contributed by atoms with Gasteiger partial charge < -0.3 is 24.8 Å². The molecule has 0 saturated heterocycles. The van der Waals surface area contributed by atoms with E-state index in [2.05, 4.69) is 38.2 Å². The third kappa shape index (κ3) is 2.06. The second kappa shape index (κ2) is 4.96. The minimum absolute atomic E-state index is 0. The summed E-state index contributed by atoms with van der Waals surface area (Å²) in [5.41, 5.74) is 3.32. The Labute approximate surface area is 132 Å². The molecule has 0 N–H and O–H groups in total. The maximum Gasteiger partial charge on any atom is -1.00 e. The first kappa shape index (κ1) is 15.7. The molecule has 0 aromatic heterocycles. The van der Waals surface area contributed by atoms with Gasteiger partial charge in [-0.3, -0.25) is 0 Å². The molecule has 1 aliphatic heterocycles. The number of allylic oxidation sites excluding steroid dienone is 8.